The SMILES string of the molecule is O=C(O)[C@@H](O)CSc1ccsc1. The second-order valence-electron chi connectivity index (χ2n) is 2.12. The number of aliphatic carboxylic acids is 1. The van der Waals surface area contributed by atoms with Gasteiger partial charge >= 0.3 is 5.97 Å². The van der Waals surface area contributed by atoms with Gasteiger partial charge in [0.1, 0.15) is 0 Å². The Hall–Kier alpha value is -0.520. The second-order valence-corrected chi connectivity index (χ2v) is 4.00. The molecule has 1 rings (SSSR count). The van der Waals surface area contributed by atoms with Crippen LogP contribution in [0.15, 0.2) is 21.7 Å². The van der Waals surface area contributed by atoms with Gasteiger partial charge in [0, 0.05) is 16.0 Å². The Morgan fingerprint density at radius 1 is 1.75 bits per heavy atom. The zero-order chi connectivity index (χ0) is 8.97. The van der Waals surface area contributed by atoms with E-state index in [1.54, 1.807) is 11.3 Å². The maximum atomic E-state index is 10.2. The minimum Gasteiger partial charge on any atom is -0.479 e. The van der Waals surface area contributed by atoms with Gasteiger partial charge in [-0.15, -0.1) is 11.8 Å². The number of aliphatic hydroxyl groups excluding tert-OH is 1. The van der Waals surface area contributed by atoms with Crippen LogP contribution in [0.3, 0.4) is 0 Å². The summed E-state index contributed by atoms with van der Waals surface area (Å²) in [6.45, 7) is 0. The highest BCUT2D eigenvalue weighted by Crippen LogP contribution is 2.21. The van der Waals surface area contributed by atoms with Gasteiger partial charge in [-0.2, -0.15) is 11.3 Å². The second kappa shape index (κ2) is 4.49. The molecule has 2 N–H and O–H groups in total. The lowest BCUT2D eigenvalue weighted by Gasteiger charge is -2.02. The third-order valence-corrected chi connectivity index (χ3v) is 3.09. The van der Waals surface area contributed by atoms with Crippen molar-refractivity contribution in [3.63, 3.8) is 0 Å². The van der Waals surface area contributed by atoms with Gasteiger partial charge in [-0.25, -0.2) is 4.79 Å². The molecular formula is C7H8O3S2. The van der Waals surface area contributed by atoms with Crippen molar-refractivity contribution in [2.75, 3.05) is 5.75 Å². The lowest BCUT2D eigenvalue weighted by Crippen LogP contribution is -2.21. The number of carboxylic acids is 1. The minimum atomic E-state index is -1.27. The summed E-state index contributed by atoms with van der Waals surface area (Å²) in [7, 11) is 0. The molecule has 1 aromatic rings. The quantitative estimate of drug-likeness (QED) is 0.725. The number of hydrogen-bond acceptors (Lipinski definition) is 4. The molecule has 0 bridgehead atoms. The molecule has 0 saturated carbocycles. The van der Waals surface area contributed by atoms with Crippen LogP contribution < -0.4 is 0 Å². The number of thioether (sulfide) groups is 1. The zero-order valence-corrected chi connectivity index (χ0v) is 7.77. The van der Waals surface area contributed by atoms with E-state index >= 15 is 0 Å². The van der Waals surface area contributed by atoms with Crippen molar-refractivity contribution < 1.29 is 15.0 Å². The predicted octanol–water partition coefficient (Wildman–Crippen LogP) is 1.29. The van der Waals surface area contributed by atoms with Crippen LogP contribution in [-0.4, -0.2) is 28.0 Å². The van der Waals surface area contributed by atoms with Crippen molar-refractivity contribution in [2.24, 2.45) is 0 Å². The van der Waals surface area contributed by atoms with Crippen LogP contribution in [0.5, 0.6) is 0 Å². The molecule has 12 heavy (non-hydrogen) atoms. The number of thiophene rings is 1. The van der Waals surface area contributed by atoms with Gasteiger partial charge in [0.05, 0.1) is 0 Å². The fourth-order valence-electron chi connectivity index (χ4n) is 0.581. The Labute approximate surface area is 78.0 Å². The Balaban J connectivity index is 2.31. The van der Waals surface area contributed by atoms with E-state index in [0.29, 0.717) is 0 Å². The number of rotatable bonds is 4. The first-order chi connectivity index (χ1) is 5.70. The maximum absolute atomic E-state index is 10.2. The minimum absolute atomic E-state index is 0.200. The molecule has 0 amide bonds. The molecule has 0 saturated heterocycles. The van der Waals surface area contributed by atoms with Crippen LogP contribution in [0, 0.1) is 0 Å². The summed E-state index contributed by atoms with van der Waals surface area (Å²) in [4.78, 5) is 11.2. The van der Waals surface area contributed by atoms with Crippen LogP contribution in [0.2, 0.25) is 0 Å². The monoisotopic (exact) mass is 204 g/mol. The zero-order valence-electron chi connectivity index (χ0n) is 6.14. The summed E-state index contributed by atoms with van der Waals surface area (Å²) >= 11 is 2.89. The van der Waals surface area contributed by atoms with Gasteiger partial charge in [-0.1, -0.05) is 0 Å². The Morgan fingerprint density at radius 2 is 2.50 bits per heavy atom. The smallest absolute Gasteiger partial charge is 0.333 e. The Bertz CT molecular complexity index is 245. The number of hydrogen-bond donors (Lipinski definition) is 2. The number of carbonyl (C=O) groups is 1. The molecule has 0 aliphatic carbocycles. The van der Waals surface area contributed by atoms with Crippen molar-refractivity contribution in [1.82, 2.24) is 0 Å². The van der Waals surface area contributed by atoms with Gasteiger partial charge in [-0.3, -0.25) is 0 Å². The molecule has 0 aliphatic rings. The fourth-order valence-corrected chi connectivity index (χ4v) is 2.28. The normalized spacial score (nSPS) is 12.8. The third kappa shape index (κ3) is 2.84. The van der Waals surface area contributed by atoms with E-state index in [-0.39, 0.29) is 5.75 Å². The number of carboxylic acid groups (broad SMARTS) is 1. The van der Waals surface area contributed by atoms with Crippen molar-refractivity contribution in [3.8, 4) is 0 Å². The highest BCUT2D eigenvalue weighted by molar-refractivity contribution is 7.99. The van der Waals surface area contributed by atoms with Crippen molar-refractivity contribution in [1.29, 1.82) is 0 Å². The molecule has 1 heterocycles. The van der Waals surface area contributed by atoms with E-state index < -0.39 is 12.1 Å². The first-order valence-corrected chi connectivity index (χ1v) is 5.19. The highest BCUT2D eigenvalue weighted by atomic mass is 32.2. The van der Waals surface area contributed by atoms with Crippen LogP contribution in [-0.2, 0) is 4.79 Å². The molecule has 66 valence electrons. The van der Waals surface area contributed by atoms with Crippen LogP contribution >= 0.6 is 23.1 Å². The largest absolute Gasteiger partial charge is 0.479 e. The molecular weight excluding hydrogens is 196 g/mol. The van der Waals surface area contributed by atoms with Crippen LogP contribution in [0.25, 0.3) is 0 Å². The van der Waals surface area contributed by atoms with E-state index in [1.165, 1.54) is 11.8 Å². The summed E-state index contributed by atoms with van der Waals surface area (Å²) in [5.74, 6) is -0.968. The summed E-state index contributed by atoms with van der Waals surface area (Å²) in [5.41, 5.74) is 0. The molecule has 1 aromatic heterocycles. The molecule has 5 heteroatoms. The number of aliphatic hydroxyl groups is 1. The highest BCUT2D eigenvalue weighted by Gasteiger charge is 2.12. The van der Waals surface area contributed by atoms with Gasteiger partial charge in [-0.05, 0) is 11.4 Å². The molecule has 0 aliphatic heterocycles. The van der Waals surface area contributed by atoms with Crippen LogP contribution in [0.4, 0.5) is 0 Å². The lowest BCUT2D eigenvalue weighted by molar-refractivity contribution is -0.145. The molecule has 0 fully saturated rings. The summed E-state index contributed by atoms with van der Waals surface area (Å²) in [6, 6.07) is 1.89. The van der Waals surface area contributed by atoms with Crippen molar-refractivity contribution in [3.05, 3.63) is 16.8 Å². The van der Waals surface area contributed by atoms with Gasteiger partial charge in [0.15, 0.2) is 6.10 Å². The van der Waals surface area contributed by atoms with Crippen LogP contribution in [0.1, 0.15) is 0 Å². The summed E-state index contributed by atoms with van der Waals surface area (Å²) < 4.78 is 0. The summed E-state index contributed by atoms with van der Waals surface area (Å²) in [5, 5.41) is 21.1. The molecule has 1 atom stereocenters. The lowest BCUT2D eigenvalue weighted by atomic mass is 10.4. The molecule has 0 radical (unpaired) electrons. The standard InChI is InChI=1S/C7H8O3S2/c8-6(7(9)10)4-12-5-1-2-11-3-5/h1-3,6,8H,4H2,(H,9,10)/t6-/m0/s1. The maximum Gasteiger partial charge on any atom is 0.333 e. The van der Waals surface area contributed by atoms with E-state index in [4.69, 9.17) is 10.2 Å². The first kappa shape index (κ1) is 9.57. The Morgan fingerprint density at radius 3 is 3.00 bits per heavy atom. The molecule has 0 unspecified atom stereocenters. The average Bonchev–Trinajstić information content (AvgIpc) is 2.51. The summed E-state index contributed by atoms with van der Waals surface area (Å²) in [6.07, 6.45) is -1.27. The average molecular weight is 204 g/mol. The van der Waals surface area contributed by atoms with Crippen molar-refractivity contribution in [2.45, 2.75) is 11.0 Å². The van der Waals surface area contributed by atoms with E-state index in [9.17, 15) is 4.79 Å². The third-order valence-electron chi connectivity index (χ3n) is 1.19. The Kier molecular flexibility index (Phi) is 3.58. The van der Waals surface area contributed by atoms with Gasteiger partial charge < -0.3 is 10.2 Å². The molecule has 0 aromatic carbocycles. The van der Waals surface area contributed by atoms with E-state index in [2.05, 4.69) is 0 Å². The van der Waals surface area contributed by atoms with Gasteiger partial charge in [0.2, 0.25) is 0 Å². The molecule has 3 nitrogen and oxygen atoms in total. The van der Waals surface area contributed by atoms with E-state index in [0.717, 1.165) is 4.90 Å². The predicted molar refractivity (Wildman–Crippen MR) is 48.7 cm³/mol. The van der Waals surface area contributed by atoms with E-state index in [1.807, 2.05) is 16.8 Å². The topological polar surface area (TPSA) is 57.5 Å². The molecule has 0 spiro atoms. The van der Waals surface area contributed by atoms with Crippen molar-refractivity contribution >= 4 is 29.1 Å². The fraction of sp³-hybridized carbons (Fsp3) is 0.286. The van der Waals surface area contributed by atoms with Gasteiger partial charge in [0.25, 0.3) is 0 Å². The first-order valence-electron chi connectivity index (χ1n) is 3.26.